The quantitative estimate of drug-likeness (QED) is 0.836. The summed E-state index contributed by atoms with van der Waals surface area (Å²) in [5.41, 5.74) is 0.235. The third kappa shape index (κ3) is 2.73. The lowest BCUT2D eigenvalue weighted by Crippen LogP contribution is -2.22. The van der Waals surface area contributed by atoms with Gasteiger partial charge < -0.3 is 5.32 Å². The molecule has 0 aliphatic carbocycles. The van der Waals surface area contributed by atoms with Gasteiger partial charge in [0, 0.05) is 0 Å². The first kappa shape index (κ1) is 11.0. The van der Waals surface area contributed by atoms with Gasteiger partial charge in [0.25, 0.3) is 0 Å². The van der Waals surface area contributed by atoms with Crippen LogP contribution >= 0.6 is 11.8 Å². The van der Waals surface area contributed by atoms with Gasteiger partial charge in [0.1, 0.15) is 5.82 Å². The second-order valence-corrected chi connectivity index (χ2v) is 4.03. The van der Waals surface area contributed by atoms with E-state index in [2.05, 4.69) is 5.32 Å². The molecule has 1 atom stereocenters. The molecule has 1 unspecified atom stereocenters. The second kappa shape index (κ2) is 5.00. The van der Waals surface area contributed by atoms with Crippen LogP contribution in [-0.4, -0.2) is 17.4 Å². The lowest BCUT2D eigenvalue weighted by atomic mass is 10.3. The molecule has 0 radical (unpaired) electrons. The van der Waals surface area contributed by atoms with Gasteiger partial charge in [-0.15, -0.1) is 0 Å². The third-order valence-electron chi connectivity index (χ3n) is 1.85. The summed E-state index contributed by atoms with van der Waals surface area (Å²) in [5, 5.41) is 2.35. The molecule has 0 aliphatic rings. The van der Waals surface area contributed by atoms with Crippen molar-refractivity contribution in [1.29, 1.82) is 0 Å². The second-order valence-electron chi connectivity index (χ2n) is 2.85. The maximum atomic E-state index is 13.1. The highest BCUT2D eigenvalue weighted by molar-refractivity contribution is 7.99. The van der Waals surface area contributed by atoms with Crippen LogP contribution in [0.15, 0.2) is 24.3 Å². The summed E-state index contributed by atoms with van der Waals surface area (Å²) in [6.45, 7) is 1.78. The lowest BCUT2D eigenvalue weighted by molar-refractivity contribution is -0.115. The molecule has 0 saturated carbocycles. The number of anilines is 1. The summed E-state index contributed by atoms with van der Waals surface area (Å²) in [6.07, 6.45) is 1.84. The molecule has 1 amide bonds. The van der Waals surface area contributed by atoms with E-state index in [0.717, 1.165) is 0 Å². The van der Waals surface area contributed by atoms with E-state index in [0.29, 0.717) is 0 Å². The molecule has 1 aromatic rings. The molecule has 0 spiro atoms. The number of rotatable bonds is 3. The Balaban J connectivity index is 2.70. The molecule has 4 heteroatoms. The number of hydrogen-bond acceptors (Lipinski definition) is 2. The SMILES string of the molecule is CSC(C)C(=O)Nc1ccccc1F. The Labute approximate surface area is 86.9 Å². The van der Waals surface area contributed by atoms with E-state index >= 15 is 0 Å². The fourth-order valence-corrected chi connectivity index (χ4v) is 1.18. The molecule has 0 bridgehead atoms. The zero-order valence-electron chi connectivity index (χ0n) is 8.08. The highest BCUT2D eigenvalue weighted by atomic mass is 32.2. The van der Waals surface area contributed by atoms with Crippen LogP contribution in [0.3, 0.4) is 0 Å². The van der Waals surface area contributed by atoms with Crippen LogP contribution in [0.1, 0.15) is 6.92 Å². The third-order valence-corrected chi connectivity index (χ3v) is 2.78. The molecule has 1 aromatic carbocycles. The van der Waals surface area contributed by atoms with Gasteiger partial charge in [-0.05, 0) is 25.3 Å². The van der Waals surface area contributed by atoms with Crippen molar-refractivity contribution in [3.05, 3.63) is 30.1 Å². The number of thioether (sulfide) groups is 1. The Morgan fingerprint density at radius 1 is 1.50 bits per heavy atom. The van der Waals surface area contributed by atoms with Crippen LogP contribution < -0.4 is 5.32 Å². The fraction of sp³-hybridized carbons (Fsp3) is 0.300. The van der Waals surface area contributed by atoms with Crippen molar-refractivity contribution in [1.82, 2.24) is 0 Å². The topological polar surface area (TPSA) is 29.1 Å². The Morgan fingerprint density at radius 3 is 2.71 bits per heavy atom. The summed E-state index contributed by atoms with van der Waals surface area (Å²) >= 11 is 1.42. The molecule has 0 aromatic heterocycles. The van der Waals surface area contributed by atoms with Gasteiger partial charge in [0.2, 0.25) is 5.91 Å². The van der Waals surface area contributed by atoms with E-state index in [9.17, 15) is 9.18 Å². The van der Waals surface area contributed by atoms with Gasteiger partial charge in [0.15, 0.2) is 0 Å². The first-order chi connectivity index (χ1) is 6.65. The average molecular weight is 213 g/mol. The number of carbonyl (C=O) groups is 1. The molecule has 0 saturated heterocycles. The Bertz CT molecular complexity index is 330. The molecule has 14 heavy (non-hydrogen) atoms. The molecular formula is C10H12FNOS. The molecule has 0 aliphatic heterocycles. The van der Waals surface area contributed by atoms with Crippen LogP contribution in [0.25, 0.3) is 0 Å². The number of carbonyl (C=O) groups excluding carboxylic acids is 1. The fourth-order valence-electron chi connectivity index (χ4n) is 0.904. The van der Waals surface area contributed by atoms with Gasteiger partial charge in [-0.3, -0.25) is 4.79 Å². The van der Waals surface area contributed by atoms with Crippen LogP contribution in [0.4, 0.5) is 10.1 Å². The summed E-state index contributed by atoms with van der Waals surface area (Å²) in [7, 11) is 0. The zero-order valence-corrected chi connectivity index (χ0v) is 8.90. The predicted molar refractivity (Wildman–Crippen MR) is 58.0 cm³/mol. The molecule has 1 N–H and O–H groups in total. The average Bonchev–Trinajstić information content (AvgIpc) is 2.20. The molecule has 2 nitrogen and oxygen atoms in total. The summed E-state index contributed by atoms with van der Waals surface area (Å²) in [6, 6.07) is 6.13. The Hall–Kier alpha value is -1.03. The number of nitrogens with one attached hydrogen (secondary N) is 1. The van der Waals surface area contributed by atoms with Crippen LogP contribution in [0.2, 0.25) is 0 Å². The van der Waals surface area contributed by atoms with Crippen molar-refractivity contribution < 1.29 is 9.18 Å². The van der Waals surface area contributed by atoms with Crippen LogP contribution in [-0.2, 0) is 4.79 Å². The van der Waals surface area contributed by atoms with Gasteiger partial charge in [0.05, 0.1) is 10.9 Å². The van der Waals surface area contributed by atoms with E-state index in [1.54, 1.807) is 25.1 Å². The predicted octanol–water partition coefficient (Wildman–Crippen LogP) is 2.52. The van der Waals surface area contributed by atoms with E-state index in [1.807, 2.05) is 6.26 Å². The lowest BCUT2D eigenvalue weighted by Gasteiger charge is -2.09. The number of halogens is 1. The monoisotopic (exact) mass is 213 g/mol. The molecule has 76 valence electrons. The molecular weight excluding hydrogens is 201 g/mol. The largest absolute Gasteiger partial charge is 0.323 e. The molecule has 0 fully saturated rings. The van der Waals surface area contributed by atoms with Crippen LogP contribution in [0.5, 0.6) is 0 Å². The summed E-state index contributed by atoms with van der Waals surface area (Å²) in [4.78, 5) is 11.4. The minimum absolute atomic E-state index is 0.172. The van der Waals surface area contributed by atoms with Gasteiger partial charge >= 0.3 is 0 Å². The highest BCUT2D eigenvalue weighted by Gasteiger charge is 2.12. The Morgan fingerprint density at radius 2 is 2.14 bits per heavy atom. The maximum absolute atomic E-state index is 13.1. The van der Waals surface area contributed by atoms with Crippen LogP contribution in [0, 0.1) is 5.82 Å². The maximum Gasteiger partial charge on any atom is 0.237 e. The molecule has 0 heterocycles. The number of hydrogen-bond donors (Lipinski definition) is 1. The number of amides is 1. The molecule has 1 rings (SSSR count). The Kier molecular flexibility index (Phi) is 3.95. The number of para-hydroxylation sites is 1. The first-order valence-electron chi connectivity index (χ1n) is 4.23. The zero-order chi connectivity index (χ0) is 10.6. The number of benzene rings is 1. The minimum atomic E-state index is -0.408. The summed E-state index contributed by atoms with van der Waals surface area (Å²) < 4.78 is 13.1. The van der Waals surface area contributed by atoms with Crippen molar-refractivity contribution in [2.45, 2.75) is 12.2 Å². The van der Waals surface area contributed by atoms with Crippen molar-refractivity contribution in [2.24, 2.45) is 0 Å². The van der Waals surface area contributed by atoms with Gasteiger partial charge in [-0.1, -0.05) is 12.1 Å². The van der Waals surface area contributed by atoms with Crippen molar-refractivity contribution in [3.8, 4) is 0 Å². The standard InChI is InChI=1S/C10H12FNOS/c1-7(14-2)10(13)12-9-6-4-3-5-8(9)11/h3-7H,1-2H3,(H,12,13). The van der Waals surface area contributed by atoms with Crippen molar-refractivity contribution in [2.75, 3.05) is 11.6 Å². The first-order valence-corrected chi connectivity index (χ1v) is 5.52. The van der Waals surface area contributed by atoms with Crippen molar-refractivity contribution >= 4 is 23.4 Å². The van der Waals surface area contributed by atoms with Gasteiger partial charge in [-0.2, -0.15) is 11.8 Å². The van der Waals surface area contributed by atoms with E-state index in [-0.39, 0.29) is 16.8 Å². The summed E-state index contributed by atoms with van der Waals surface area (Å²) in [5.74, 6) is -0.586. The van der Waals surface area contributed by atoms with Crippen molar-refractivity contribution in [3.63, 3.8) is 0 Å². The van der Waals surface area contributed by atoms with E-state index in [4.69, 9.17) is 0 Å². The minimum Gasteiger partial charge on any atom is -0.323 e. The smallest absolute Gasteiger partial charge is 0.237 e. The van der Waals surface area contributed by atoms with E-state index < -0.39 is 5.82 Å². The van der Waals surface area contributed by atoms with Gasteiger partial charge in [-0.25, -0.2) is 4.39 Å². The van der Waals surface area contributed by atoms with E-state index in [1.165, 1.54) is 17.8 Å². The normalized spacial score (nSPS) is 12.2. The highest BCUT2D eigenvalue weighted by Crippen LogP contribution is 2.14.